The van der Waals surface area contributed by atoms with Crippen molar-refractivity contribution in [2.75, 3.05) is 13.1 Å². The number of carbonyl (C=O) groups excluding carboxylic acids is 1. The Balaban J connectivity index is 1.46. The molecule has 1 saturated carbocycles. The Bertz CT molecular complexity index is 1130. The van der Waals surface area contributed by atoms with Crippen LogP contribution in [0.5, 0.6) is 0 Å². The van der Waals surface area contributed by atoms with Crippen molar-refractivity contribution in [3.8, 4) is 0 Å². The minimum Gasteiger partial charge on any atom is -0.441 e. The first kappa shape index (κ1) is 19.8. The topological polar surface area (TPSA) is 93.5 Å². The number of benzene rings is 1. The molecule has 1 aromatic carbocycles. The summed E-state index contributed by atoms with van der Waals surface area (Å²) in [5.74, 6) is -0.449. The molecular weight excluding hydrogens is 435 g/mol. The molecule has 8 nitrogen and oxygen atoms in total. The first-order valence-electron chi connectivity index (χ1n) is 9.63. The number of aromatic nitrogens is 2. The highest BCUT2D eigenvalue weighted by atomic mass is 35.5. The molecule has 5 rings (SSSR count). The number of carbonyl (C=O) groups is 1. The number of halogens is 2. The van der Waals surface area contributed by atoms with Crippen LogP contribution in [0.3, 0.4) is 0 Å². The number of rotatable bonds is 4. The Hall–Kier alpha value is -2.17. The van der Waals surface area contributed by atoms with Gasteiger partial charge in [-0.1, -0.05) is 11.6 Å². The minimum absolute atomic E-state index is 0.0381. The van der Waals surface area contributed by atoms with Crippen LogP contribution in [0.25, 0.3) is 0 Å². The average molecular weight is 455 g/mol. The second kappa shape index (κ2) is 6.66. The Morgan fingerprint density at radius 3 is 2.80 bits per heavy atom. The van der Waals surface area contributed by atoms with E-state index < -0.39 is 33.6 Å². The summed E-state index contributed by atoms with van der Waals surface area (Å²) in [5, 5.41) is 7.22. The fourth-order valence-electron chi connectivity index (χ4n) is 4.86. The maximum absolute atomic E-state index is 14.0. The summed E-state index contributed by atoms with van der Waals surface area (Å²) in [7, 11) is -2.05. The van der Waals surface area contributed by atoms with Crippen LogP contribution in [-0.2, 0) is 28.2 Å². The number of alkyl carbamates (subject to hydrolysis) is 1. The number of hydrogen-bond donors (Lipinski definition) is 1. The lowest BCUT2D eigenvalue weighted by molar-refractivity contribution is -0.0518. The first-order chi connectivity index (χ1) is 14.2. The first-order valence-corrected chi connectivity index (χ1v) is 11.4. The third-order valence-corrected chi connectivity index (χ3v) is 8.55. The highest BCUT2D eigenvalue weighted by molar-refractivity contribution is 7.89. The van der Waals surface area contributed by atoms with Crippen molar-refractivity contribution in [3.05, 3.63) is 46.5 Å². The molecule has 1 aromatic heterocycles. The number of nitrogens with zero attached hydrogens (tertiary/aromatic N) is 3. The number of amides is 1. The van der Waals surface area contributed by atoms with Gasteiger partial charge < -0.3 is 10.1 Å². The lowest BCUT2D eigenvalue weighted by atomic mass is 9.71. The summed E-state index contributed by atoms with van der Waals surface area (Å²) in [6, 6.07) is 3.18. The van der Waals surface area contributed by atoms with Crippen molar-refractivity contribution < 1.29 is 22.3 Å². The summed E-state index contributed by atoms with van der Waals surface area (Å²) in [6.45, 7) is 0.701. The molecule has 3 aliphatic rings. The van der Waals surface area contributed by atoms with E-state index in [1.807, 2.05) is 0 Å². The lowest BCUT2D eigenvalue weighted by Gasteiger charge is -2.44. The van der Waals surface area contributed by atoms with E-state index >= 15 is 0 Å². The lowest BCUT2D eigenvalue weighted by Crippen LogP contribution is -2.51. The number of aryl methyl sites for hydroxylation is 1. The Kier molecular flexibility index (Phi) is 4.39. The second-order valence-electron chi connectivity index (χ2n) is 8.24. The highest BCUT2D eigenvalue weighted by Gasteiger charge is 2.53. The predicted molar refractivity (Wildman–Crippen MR) is 105 cm³/mol. The van der Waals surface area contributed by atoms with Crippen LogP contribution in [0, 0.1) is 11.7 Å². The summed E-state index contributed by atoms with van der Waals surface area (Å²) in [6.07, 6.45) is 2.52. The molecule has 1 saturated heterocycles. The largest absolute Gasteiger partial charge is 0.441 e. The normalized spacial score (nSPS) is 29.5. The Labute approximate surface area is 178 Å². The van der Waals surface area contributed by atoms with E-state index in [0.29, 0.717) is 35.7 Å². The van der Waals surface area contributed by atoms with Gasteiger partial charge in [-0.2, -0.15) is 9.40 Å². The minimum atomic E-state index is -3.79. The Morgan fingerprint density at radius 2 is 2.17 bits per heavy atom. The van der Waals surface area contributed by atoms with Gasteiger partial charge in [0.05, 0.1) is 34.4 Å². The third-order valence-electron chi connectivity index (χ3n) is 6.29. The number of fused-ring (bicyclic) bond motifs is 1. The van der Waals surface area contributed by atoms with Crippen LogP contribution in [-0.4, -0.2) is 47.3 Å². The van der Waals surface area contributed by atoms with Gasteiger partial charge in [0.15, 0.2) is 0 Å². The fourth-order valence-corrected chi connectivity index (χ4v) is 7.01. The smallest absolute Gasteiger partial charge is 0.407 e. The average Bonchev–Trinajstić information content (AvgIpc) is 3.25. The molecule has 2 fully saturated rings. The van der Waals surface area contributed by atoms with E-state index in [4.69, 9.17) is 16.3 Å². The molecule has 11 heteroatoms. The van der Waals surface area contributed by atoms with Gasteiger partial charge in [0.1, 0.15) is 11.4 Å². The van der Waals surface area contributed by atoms with Gasteiger partial charge in [-0.05, 0) is 42.5 Å². The molecule has 1 unspecified atom stereocenters. The predicted octanol–water partition coefficient (Wildman–Crippen LogP) is 2.39. The molecule has 0 radical (unpaired) electrons. The number of sulfonamides is 1. The monoisotopic (exact) mass is 454 g/mol. The van der Waals surface area contributed by atoms with E-state index in [0.717, 1.165) is 6.07 Å². The molecule has 160 valence electrons. The van der Waals surface area contributed by atoms with Gasteiger partial charge in [-0.3, -0.25) is 4.68 Å². The van der Waals surface area contributed by atoms with Gasteiger partial charge >= 0.3 is 6.09 Å². The molecule has 30 heavy (non-hydrogen) atoms. The maximum Gasteiger partial charge on any atom is 0.407 e. The van der Waals surface area contributed by atoms with Crippen LogP contribution in [0.15, 0.2) is 29.3 Å². The third kappa shape index (κ3) is 3.00. The van der Waals surface area contributed by atoms with Crippen LogP contribution in [0.2, 0.25) is 5.02 Å². The molecule has 0 bridgehead atoms. The highest BCUT2D eigenvalue weighted by Crippen LogP contribution is 2.48. The molecular formula is C19H20ClFN4O4S. The zero-order valence-corrected chi connectivity index (χ0v) is 17.7. The second-order valence-corrected chi connectivity index (χ2v) is 10.5. The van der Waals surface area contributed by atoms with Crippen molar-refractivity contribution in [2.24, 2.45) is 13.0 Å². The summed E-state index contributed by atoms with van der Waals surface area (Å²) in [5.41, 5.74) is 0.568. The van der Waals surface area contributed by atoms with Gasteiger partial charge in [0.2, 0.25) is 10.0 Å². The van der Waals surface area contributed by atoms with Gasteiger partial charge in [0, 0.05) is 20.0 Å². The molecule has 1 N–H and O–H groups in total. The van der Waals surface area contributed by atoms with E-state index in [-0.39, 0.29) is 23.8 Å². The standard InChI is InChI=1S/C19H20ClFN4O4S/c1-24-16(14(20)8-23-24)5-15-13-4-12(21)2-3-17(13)30(27,28)25(15)9-11-6-19(7-11)10-22-18(26)29-19/h2-4,8,11,15H,5-7,9-10H2,1H3,(H,22,26). The number of hydrogen-bond acceptors (Lipinski definition) is 5. The van der Waals surface area contributed by atoms with Crippen LogP contribution < -0.4 is 5.32 Å². The van der Waals surface area contributed by atoms with Crippen molar-refractivity contribution in [1.29, 1.82) is 0 Å². The van der Waals surface area contributed by atoms with Crippen LogP contribution >= 0.6 is 11.6 Å². The molecule has 2 aromatic rings. The Morgan fingerprint density at radius 1 is 1.40 bits per heavy atom. The number of ether oxygens (including phenoxy) is 1. The van der Waals surface area contributed by atoms with E-state index in [2.05, 4.69) is 10.4 Å². The van der Waals surface area contributed by atoms with Gasteiger partial charge in [-0.25, -0.2) is 17.6 Å². The van der Waals surface area contributed by atoms with E-state index in [1.54, 1.807) is 11.7 Å². The molecule has 1 aliphatic carbocycles. The van der Waals surface area contributed by atoms with Crippen molar-refractivity contribution in [1.82, 2.24) is 19.4 Å². The fraction of sp³-hybridized carbons (Fsp3) is 0.474. The summed E-state index contributed by atoms with van der Waals surface area (Å²) in [4.78, 5) is 11.5. The van der Waals surface area contributed by atoms with Crippen LogP contribution in [0.4, 0.5) is 9.18 Å². The van der Waals surface area contributed by atoms with Crippen LogP contribution in [0.1, 0.15) is 30.1 Å². The van der Waals surface area contributed by atoms with Crippen molar-refractivity contribution >= 4 is 27.7 Å². The van der Waals surface area contributed by atoms with Gasteiger partial charge in [-0.15, -0.1) is 0 Å². The zero-order valence-electron chi connectivity index (χ0n) is 16.1. The summed E-state index contributed by atoms with van der Waals surface area (Å²) >= 11 is 6.26. The zero-order chi connectivity index (χ0) is 21.3. The van der Waals surface area contributed by atoms with Crippen molar-refractivity contribution in [2.45, 2.75) is 35.8 Å². The SMILES string of the molecule is Cn1ncc(Cl)c1CC1c2cc(F)ccc2S(=O)(=O)N1CC1CC2(CNC(=O)O2)C1. The molecule has 1 spiro atoms. The maximum atomic E-state index is 14.0. The van der Waals surface area contributed by atoms with E-state index in [1.165, 1.54) is 22.6 Å². The van der Waals surface area contributed by atoms with Crippen molar-refractivity contribution in [3.63, 3.8) is 0 Å². The summed E-state index contributed by atoms with van der Waals surface area (Å²) < 4.78 is 49.0. The quantitative estimate of drug-likeness (QED) is 0.765. The molecule has 3 heterocycles. The van der Waals surface area contributed by atoms with E-state index in [9.17, 15) is 17.6 Å². The van der Waals surface area contributed by atoms with Gasteiger partial charge in [0.25, 0.3) is 0 Å². The molecule has 2 aliphatic heterocycles. The number of nitrogens with one attached hydrogen (secondary N) is 1. The molecule has 1 atom stereocenters. The molecule has 1 amide bonds.